The lowest BCUT2D eigenvalue weighted by molar-refractivity contribution is 0.0684. The zero-order valence-electron chi connectivity index (χ0n) is 19.0. The minimum Gasteiger partial charge on any atom is -0.506 e. The van der Waals surface area contributed by atoms with E-state index in [1.807, 2.05) is 12.1 Å². The van der Waals surface area contributed by atoms with Crippen LogP contribution in [0.25, 0.3) is 10.9 Å². The molecule has 1 heterocycles. The van der Waals surface area contributed by atoms with Crippen molar-refractivity contribution in [3.63, 3.8) is 0 Å². The van der Waals surface area contributed by atoms with Crippen molar-refractivity contribution in [3.8, 4) is 5.75 Å². The predicted octanol–water partition coefficient (Wildman–Crippen LogP) is 2.65. The maximum absolute atomic E-state index is 13.3. The number of aliphatic hydroxyl groups is 2. The SMILES string of the molecule is CC(C)c1ccc2nc(C3C(=O)c4ccc(C(=O)N(CCO)CCO)cc4C3=O)c(O)cc2c1. The second-order valence-corrected chi connectivity index (χ2v) is 8.66. The highest BCUT2D eigenvalue weighted by molar-refractivity contribution is 6.30. The van der Waals surface area contributed by atoms with Crippen LogP contribution < -0.4 is 0 Å². The number of aromatic hydroxyl groups is 1. The maximum atomic E-state index is 13.3. The number of nitrogens with zero attached hydrogens (tertiary/aromatic N) is 2. The van der Waals surface area contributed by atoms with E-state index in [0.29, 0.717) is 16.8 Å². The van der Waals surface area contributed by atoms with E-state index in [0.717, 1.165) is 5.56 Å². The molecule has 8 heteroatoms. The lowest BCUT2D eigenvalue weighted by atomic mass is 9.96. The molecule has 34 heavy (non-hydrogen) atoms. The number of Topliss-reactive ketones (excluding diaryl/α,β-unsaturated/α-hetero) is 2. The summed E-state index contributed by atoms with van der Waals surface area (Å²) in [5.74, 6) is -2.72. The maximum Gasteiger partial charge on any atom is 0.254 e. The number of amides is 1. The number of aromatic nitrogens is 1. The molecule has 4 rings (SSSR count). The van der Waals surface area contributed by atoms with Crippen LogP contribution in [0.15, 0.2) is 42.5 Å². The number of carbonyl (C=O) groups is 3. The number of ketones is 2. The van der Waals surface area contributed by atoms with Gasteiger partial charge < -0.3 is 20.2 Å². The average molecular weight is 463 g/mol. The summed E-state index contributed by atoms with van der Waals surface area (Å²) < 4.78 is 0. The van der Waals surface area contributed by atoms with Crippen molar-refractivity contribution in [3.05, 3.63) is 70.4 Å². The molecule has 0 saturated heterocycles. The number of aliphatic hydroxyl groups excluding tert-OH is 2. The molecule has 1 unspecified atom stereocenters. The third-order valence-electron chi connectivity index (χ3n) is 6.14. The quantitative estimate of drug-likeness (QED) is 0.461. The largest absolute Gasteiger partial charge is 0.506 e. The summed E-state index contributed by atoms with van der Waals surface area (Å²) in [6.45, 7) is 3.62. The highest BCUT2D eigenvalue weighted by Gasteiger charge is 2.42. The van der Waals surface area contributed by atoms with Gasteiger partial charge in [-0.2, -0.15) is 0 Å². The van der Waals surface area contributed by atoms with E-state index in [1.165, 1.54) is 29.2 Å². The standard InChI is InChI=1S/C26H26N2O6/c1-14(2)15-4-6-20-17(11-15)13-21(31)23(27-20)22-24(32)18-5-3-16(12-19(18)25(22)33)26(34)28(7-9-29)8-10-30/h3-6,11-14,22,29-31H,7-10H2,1-2H3. The smallest absolute Gasteiger partial charge is 0.254 e. The number of benzene rings is 2. The fourth-order valence-corrected chi connectivity index (χ4v) is 4.28. The van der Waals surface area contributed by atoms with Crippen molar-refractivity contribution in [2.45, 2.75) is 25.7 Å². The van der Waals surface area contributed by atoms with E-state index < -0.39 is 23.4 Å². The summed E-state index contributed by atoms with van der Waals surface area (Å²) in [6, 6.07) is 11.4. The van der Waals surface area contributed by atoms with Crippen LogP contribution in [0.5, 0.6) is 5.75 Å². The summed E-state index contributed by atoms with van der Waals surface area (Å²) >= 11 is 0. The van der Waals surface area contributed by atoms with Gasteiger partial charge in [0.15, 0.2) is 11.6 Å². The summed E-state index contributed by atoms with van der Waals surface area (Å²) in [5.41, 5.74) is 2.05. The molecule has 0 aliphatic heterocycles. The molecule has 0 bridgehead atoms. The topological polar surface area (TPSA) is 128 Å². The molecule has 1 atom stereocenters. The second kappa shape index (κ2) is 9.32. The summed E-state index contributed by atoms with van der Waals surface area (Å²) in [6.07, 6.45) is 0. The van der Waals surface area contributed by atoms with Gasteiger partial charge in [0, 0.05) is 35.2 Å². The van der Waals surface area contributed by atoms with Crippen molar-refractivity contribution >= 4 is 28.4 Å². The van der Waals surface area contributed by atoms with Crippen LogP contribution >= 0.6 is 0 Å². The van der Waals surface area contributed by atoms with Gasteiger partial charge in [0.05, 0.1) is 18.7 Å². The number of hydrogen-bond donors (Lipinski definition) is 3. The zero-order chi connectivity index (χ0) is 24.6. The Balaban J connectivity index is 1.71. The van der Waals surface area contributed by atoms with Gasteiger partial charge >= 0.3 is 0 Å². The molecule has 1 aliphatic rings. The first-order valence-electron chi connectivity index (χ1n) is 11.1. The van der Waals surface area contributed by atoms with E-state index in [-0.39, 0.29) is 54.4 Å². The Kier molecular flexibility index (Phi) is 6.45. The van der Waals surface area contributed by atoms with Crippen LogP contribution in [0.2, 0.25) is 0 Å². The summed E-state index contributed by atoms with van der Waals surface area (Å²) in [7, 11) is 0. The Labute approximate surface area is 196 Å². The molecule has 8 nitrogen and oxygen atoms in total. The Morgan fingerprint density at radius 2 is 1.65 bits per heavy atom. The van der Waals surface area contributed by atoms with Gasteiger partial charge in [-0.25, -0.2) is 4.98 Å². The Morgan fingerprint density at radius 3 is 2.29 bits per heavy atom. The summed E-state index contributed by atoms with van der Waals surface area (Å²) in [5, 5.41) is 29.8. The van der Waals surface area contributed by atoms with Crippen molar-refractivity contribution in [2.75, 3.05) is 26.3 Å². The Morgan fingerprint density at radius 1 is 0.971 bits per heavy atom. The van der Waals surface area contributed by atoms with Crippen molar-refractivity contribution in [2.24, 2.45) is 0 Å². The van der Waals surface area contributed by atoms with Crippen molar-refractivity contribution in [1.29, 1.82) is 0 Å². The number of carbonyl (C=O) groups excluding carboxylic acids is 3. The molecule has 1 amide bonds. The van der Waals surface area contributed by atoms with Crippen LogP contribution in [-0.4, -0.2) is 69.0 Å². The molecular weight excluding hydrogens is 436 g/mol. The highest BCUT2D eigenvalue weighted by atomic mass is 16.3. The monoisotopic (exact) mass is 462 g/mol. The predicted molar refractivity (Wildman–Crippen MR) is 125 cm³/mol. The third kappa shape index (κ3) is 4.06. The minimum atomic E-state index is -1.29. The molecule has 1 aliphatic carbocycles. The lowest BCUT2D eigenvalue weighted by Crippen LogP contribution is -2.35. The number of hydrogen-bond acceptors (Lipinski definition) is 7. The summed E-state index contributed by atoms with van der Waals surface area (Å²) in [4.78, 5) is 44.9. The zero-order valence-corrected chi connectivity index (χ0v) is 19.0. The number of fused-ring (bicyclic) bond motifs is 2. The molecule has 1 aromatic heterocycles. The molecule has 2 aromatic carbocycles. The fraction of sp³-hybridized carbons (Fsp3) is 0.308. The van der Waals surface area contributed by atoms with E-state index in [4.69, 9.17) is 0 Å². The van der Waals surface area contributed by atoms with Gasteiger partial charge in [-0.05, 0) is 47.9 Å². The van der Waals surface area contributed by atoms with Crippen LogP contribution in [0.4, 0.5) is 0 Å². The molecule has 0 spiro atoms. The first-order chi connectivity index (χ1) is 16.3. The van der Waals surface area contributed by atoms with Crippen molar-refractivity contribution < 1.29 is 29.7 Å². The Bertz CT molecular complexity index is 1290. The molecular formula is C26H26N2O6. The lowest BCUT2D eigenvalue weighted by Gasteiger charge is -2.20. The van der Waals surface area contributed by atoms with Gasteiger partial charge in [-0.3, -0.25) is 14.4 Å². The molecule has 3 N–H and O–H groups in total. The Hall–Kier alpha value is -3.62. The van der Waals surface area contributed by atoms with Crippen molar-refractivity contribution in [1.82, 2.24) is 9.88 Å². The first kappa shape index (κ1) is 23.5. The van der Waals surface area contributed by atoms with Crippen LogP contribution in [0.1, 0.15) is 68.0 Å². The van der Waals surface area contributed by atoms with E-state index in [1.54, 1.807) is 6.07 Å². The van der Waals surface area contributed by atoms with Gasteiger partial charge in [-0.15, -0.1) is 0 Å². The molecule has 3 aromatic rings. The van der Waals surface area contributed by atoms with Gasteiger partial charge in [0.2, 0.25) is 0 Å². The molecule has 0 saturated carbocycles. The fourth-order valence-electron chi connectivity index (χ4n) is 4.28. The van der Waals surface area contributed by atoms with Gasteiger partial charge in [-0.1, -0.05) is 19.9 Å². The molecule has 0 fully saturated rings. The van der Waals surface area contributed by atoms with Crippen LogP contribution in [0, 0.1) is 0 Å². The number of rotatable bonds is 7. The normalized spacial score (nSPS) is 15.3. The van der Waals surface area contributed by atoms with E-state index in [2.05, 4.69) is 18.8 Å². The molecule has 176 valence electrons. The first-order valence-corrected chi connectivity index (χ1v) is 11.1. The average Bonchev–Trinajstić information content (AvgIpc) is 3.07. The second-order valence-electron chi connectivity index (χ2n) is 8.66. The third-order valence-corrected chi connectivity index (χ3v) is 6.14. The van der Waals surface area contributed by atoms with Crippen LogP contribution in [-0.2, 0) is 0 Å². The number of pyridine rings is 1. The minimum absolute atomic E-state index is 0.00828. The molecule has 0 radical (unpaired) electrons. The van der Waals surface area contributed by atoms with Crippen LogP contribution in [0.3, 0.4) is 0 Å². The highest BCUT2D eigenvalue weighted by Crippen LogP contribution is 2.38. The van der Waals surface area contributed by atoms with E-state index >= 15 is 0 Å². The van der Waals surface area contributed by atoms with E-state index in [9.17, 15) is 29.7 Å². The van der Waals surface area contributed by atoms with Gasteiger partial charge in [0.1, 0.15) is 17.4 Å². The van der Waals surface area contributed by atoms with Gasteiger partial charge in [0.25, 0.3) is 5.91 Å².